The van der Waals surface area contributed by atoms with E-state index in [2.05, 4.69) is 15.6 Å². The van der Waals surface area contributed by atoms with E-state index in [9.17, 15) is 9.59 Å². The highest BCUT2D eigenvalue weighted by Gasteiger charge is 2.28. The van der Waals surface area contributed by atoms with E-state index in [1.807, 2.05) is 47.0 Å². The lowest BCUT2D eigenvalue weighted by atomic mass is 10.1. The van der Waals surface area contributed by atoms with Crippen LogP contribution in [0.5, 0.6) is 11.5 Å². The maximum Gasteiger partial charge on any atom is 0.324 e. The van der Waals surface area contributed by atoms with Crippen LogP contribution in [0.15, 0.2) is 42.5 Å². The third-order valence-electron chi connectivity index (χ3n) is 5.48. The number of benzene rings is 2. The molecule has 0 unspecified atom stereocenters. The van der Waals surface area contributed by atoms with Gasteiger partial charge >= 0.3 is 6.03 Å². The van der Waals surface area contributed by atoms with Crippen molar-refractivity contribution in [3.63, 3.8) is 0 Å². The van der Waals surface area contributed by atoms with E-state index in [0.29, 0.717) is 43.5 Å². The molecule has 0 spiro atoms. The summed E-state index contributed by atoms with van der Waals surface area (Å²) in [5.74, 6) is 1.86. The van der Waals surface area contributed by atoms with Crippen molar-refractivity contribution in [2.24, 2.45) is 0 Å². The zero-order valence-electron chi connectivity index (χ0n) is 18.3. The molecule has 0 fully saturated rings. The van der Waals surface area contributed by atoms with Crippen molar-refractivity contribution in [3.05, 3.63) is 48.0 Å². The summed E-state index contributed by atoms with van der Waals surface area (Å²) >= 11 is 0. The summed E-state index contributed by atoms with van der Waals surface area (Å²) < 4.78 is 12.6. The number of anilines is 1. The van der Waals surface area contributed by atoms with Crippen LogP contribution in [-0.4, -0.2) is 55.3 Å². The van der Waals surface area contributed by atoms with Gasteiger partial charge < -0.3 is 24.7 Å². The Labute approximate surface area is 186 Å². The predicted octanol–water partition coefficient (Wildman–Crippen LogP) is 2.33. The van der Waals surface area contributed by atoms with Gasteiger partial charge in [0.1, 0.15) is 0 Å². The van der Waals surface area contributed by atoms with Crippen LogP contribution >= 0.6 is 0 Å². The Morgan fingerprint density at radius 1 is 1.00 bits per heavy atom. The van der Waals surface area contributed by atoms with Gasteiger partial charge in [0, 0.05) is 32.6 Å². The number of nitrogens with zero attached hydrogens (tertiary/aromatic N) is 3. The first kappa shape index (κ1) is 21.5. The van der Waals surface area contributed by atoms with Crippen molar-refractivity contribution >= 4 is 28.9 Å². The van der Waals surface area contributed by atoms with Gasteiger partial charge in [-0.1, -0.05) is 18.2 Å². The fourth-order valence-electron chi connectivity index (χ4n) is 3.83. The molecule has 168 valence electrons. The molecule has 2 N–H and O–H groups in total. The van der Waals surface area contributed by atoms with Crippen LogP contribution in [0.2, 0.25) is 0 Å². The van der Waals surface area contributed by atoms with E-state index >= 15 is 0 Å². The monoisotopic (exact) mass is 437 g/mol. The molecule has 0 aliphatic carbocycles. The number of carbonyl (C=O) groups excluding carboxylic acids is 2. The van der Waals surface area contributed by atoms with Gasteiger partial charge in [0.05, 0.1) is 25.3 Å². The van der Waals surface area contributed by atoms with E-state index in [-0.39, 0.29) is 24.9 Å². The Hall–Kier alpha value is -3.75. The summed E-state index contributed by atoms with van der Waals surface area (Å²) in [4.78, 5) is 30.9. The molecule has 3 amide bonds. The van der Waals surface area contributed by atoms with E-state index in [0.717, 1.165) is 16.6 Å². The lowest BCUT2D eigenvalue weighted by molar-refractivity contribution is -0.120. The number of amides is 3. The molecular weight excluding hydrogens is 410 g/mol. The van der Waals surface area contributed by atoms with Crippen molar-refractivity contribution < 1.29 is 19.1 Å². The number of carbonyl (C=O) groups is 2. The number of nitrogens with one attached hydrogen (secondary N) is 2. The number of imidazole rings is 1. The predicted molar refractivity (Wildman–Crippen MR) is 121 cm³/mol. The van der Waals surface area contributed by atoms with E-state index in [4.69, 9.17) is 9.47 Å². The number of ether oxygens (including phenoxy) is 2. The van der Waals surface area contributed by atoms with Gasteiger partial charge in [0.25, 0.3) is 0 Å². The van der Waals surface area contributed by atoms with E-state index in [1.54, 1.807) is 19.1 Å². The van der Waals surface area contributed by atoms with Crippen molar-refractivity contribution in [2.45, 2.75) is 19.4 Å². The third-order valence-corrected chi connectivity index (χ3v) is 5.48. The van der Waals surface area contributed by atoms with Gasteiger partial charge in [0.15, 0.2) is 11.5 Å². The standard InChI is InChI=1S/C23H27N5O4/c1-31-19-8-7-16(15-20(19)32-2)9-11-24-21(29)10-12-25-23(30)28-14-13-27-18-6-4-3-5-17(18)26-22(27)28/h3-8,15H,9-14H2,1-2H3,(H,24,29)(H,25,30). The van der Waals surface area contributed by atoms with Gasteiger partial charge in [-0.25, -0.2) is 9.78 Å². The maximum absolute atomic E-state index is 12.6. The van der Waals surface area contributed by atoms with E-state index < -0.39 is 0 Å². The quantitative estimate of drug-likeness (QED) is 0.564. The molecule has 0 bridgehead atoms. The minimum Gasteiger partial charge on any atom is -0.493 e. The summed E-state index contributed by atoms with van der Waals surface area (Å²) in [6.45, 7) is 2.03. The molecule has 2 heterocycles. The highest BCUT2D eigenvalue weighted by molar-refractivity contribution is 5.94. The first-order valence-electron chi connectivity index (χ1n) is 10.6. The fraction of sp³-hybridized carbons (Fsp3) is 0.348. The van der Waals surface area contributed by atoms with Crippen LogP contribution in [0.25, 0.3) is 11.0 Å². The van der Waals surface area contributed by atoms with Crippen molar-refractivity contribution in [3.8, 4) is 11.5 Å². The van der Waals surface area contributed by atoms with Crippen LogP contribution < -0.4 is 25.0 Å². The average molecular weight is 438 g/mol. The van der Waals surface area contributed by atoms with Crippen LogP contribution in [0.3, 0.4) is 0 Å². The molecular formula is C23H27N5O4. The normalized spacial score (nSPS) is 12.5. The Balaban J connectivity index is 1.21. The first-order valence-corrected chi connectivity index (χ1v) is 10.6. The lowest BCUT2D eigenvalue weighted by Gasteiger charge is -2.15. The van der Waals surface area contributed by atoms with Gasteiger partial charge in [-0.3, -0.25) is 9.69 Å². The van der Waals surface area contributed by atoms with Gasteiger partial charge in [-0.05, 0) is 36.2 Å². The molecule has 1 aromatic heterocycles. The molecule has 0 saturated carbocycles. The van der Waals surface area contributed by atoms with Gasteiger partial charge in [-0.2, -0.15) is 0 Å². The second kappa shape index (κ2) is 9.59. The van der Waals surface area contributed by atoms with Crippen LogP contribution in [0, 0.1) is 0 Å². The molecule has 9 nitrogen and oxygen atoms in total. The Bertz CT molecular complexity index is 1130. The van der Waals surface area contributed by atoms with E-state index in [1.165, 1.54) is 0 Å². The molecule has 3 aromatic rings. The topological polar surface area (TPSA) is 97.7 Å². The van der Waals surface area contributed by atoms with Crippen molar-refractivity contribution in [2.75, 3.05) is 38.8 Å². The Kier molecular flexibility index (Phi) is 6.44. The lowest BCUT2D eigenvalue weighted by Crippen LogP contribution is -2.41. The first-order chi connectivity index (χ1) is 15.6. The maximum atomic E-state index is 12.6. The molecule has 2 aromatic carbocycles. The summed E-state index contributed by atoms with van der Waals surface area (Å²) in [7, 11) is 3.19. The van der Waals surface area contributed by atoms with Gasteiger partial charge in [-0.15, -0.1) is 0 Å². The number of hydrogen-bond donors (Lipinski definition) is 2. The highest BCUT2D eigenvalue weighted by atomic mass is 16.5. The summed E-state index contributed by atoms with van der Waals surface area (Å²) in [5.41, 5.74) is 2.92. The molecule has 0 radical (unpaired) electrons. The number of hydrogen-bond acceptors (Lipinski definition) is 5. The number of urea groups is 1. The molecule has 32 heavy (non-hydrogen) atoms. The fourth-order valence-corrected chi connectivity index (χ4v) is 3.83. The Morgan fingerprint density at radius 3 is 2.62 bits per heavy atom. The zero-order chi connectivity index (χ0) is 22.5. The molecule has 1 aliphatic rings. The summed E-state index contributed by atoms with van der Waals surface area (Å²) in [6.07, 6.45) is 0.879. The van der Waals surface area contributed by atoms with Crippen molar-refractivity contribution in [1.82, 2.24) is 20.2 Å². The van der Waals surface area contributed by atoms with Crippen LogP contribution in [-0.2, 0) is 17.8 Å². The number of para-hydroxylation sites is 2. The average Bonchev–Trinajstić information content (AvgIpc) is 3.38. The molecule has 4 rings (SSSR count). The smallest absolute Gasteiger partial charge is 0.324 e. The summed E-state index contributed by atoms with van der Waals surface area (Å²) in [6, 6.07) is 13.3. The van der Waals surface area contributed by atoms with Crippen LogP contribution in [0.4, 0.5) is 10.7 Å². The van der Waals surface area contributed by atoms with Gasteiger partial charge in [0.2, 0.25) is 11.9 Å². The number of methoxy groups -OCH3 is 2. The van der Waals surface area contributed by atoms with Crippen molar-refractivity contribution in [1.29, 1.82) is 0 Å². The summed E-state index contributed by atoms with van der Waals surface area (Å²) in [5, 5.41) is 5.70. The third kappa shape index (κ3) is 4.46. The van der Waals surface area contributed by atoms with Crippen LogP contribution in [0.1, 0.15) is 12.0 Å². The molecule has 0 atom stereocenters. The minimum absolute atomic E-state index is 0.112. The second-order valence-electron chi connectivity index (χ2n) is 7.48. The SMILES string of the molecule is COc1ccc(CCNC(=O)CCNC(=O)N2CCn3c2nc2ccccc23)cc1OC. The number of aromatic nitrogens is 2. The zero-order valence-corrected chi connectivity index (χ0v) is 18.3. The minimum atomic E-state index is -0.239. The molecule has 1 aliphatic heterocycles. The largest absolute Gasteiger partial charge is 0.493 e. The Morgan fingerprint density at radius 2 is 1.81 bits per heavy atom. The number of rotatable bonds is 8. The molecule has 0 saturated heterocycles. The molecule has 9 heteroatoms. The number of fused-ring (bicyclic) bond motifs is 3. The highest BCUT2D eigenvalue weighted by Crippen LogP contribution is 2.28. The second-order valence-corrected chi connectivity index (χ2v) is 7.48.